The zero-order valence-corrected chi connectivity index (χ0v) is 20.5. The van der Waals surface area contributed by atoms with Crippen molar-refractivity contribution in [2.45, 2.75) is 37.0 Å². The minimum Gasteiger partial charge on any atom is -0.361 e. The summed E-state index contributed by atoms with van der Waals surface area (Å²) in [7, 11) is -3.50. The molecule has 0 unspecified atom stereocenters. The van der Waals surface area contributed by atoms with E-state index in [1.54, 1.807) is 12.1 Å². The number of fused-ring (bicyclic) bond motifs is 1. The average molecular weight is 489 g/mol. The standard InChI is InChI=1S/C25H33ClN4O2S/c26-22-8-11-25-24(18-22)21(19-28-25)5-3-12-29-33(31,32)23-9-6-20(7-10-23)4-1-2-15-30-16-13-27-14-17-30/h6-11,18-19,27-29H,1-5,12-17H2. The Bertz CT molecular complexity index is 1140. The predicted octanol–water partition coefficient (Wildman–Crippen LogP) is 3.96. The Balaban J connectivity index is 1.20. The van der Waals surface area contributed by atoms with E-state index < -0.39 is 10.0 Å². The Hall–Kier alpha value is -1.90. The first-order chi connectivity index (χ1) is 16.0. The molecular formula is C25H33ClN4O2S. The number of benzene rings is 2. The fourth-order valence-electron chi connectivity index (χ4n) is 4.36. The van der Waals surface area contributed by atoms with E-state index in [1.807, 2.05) is 36.5 Å². The first-order valence-corrected chi connectivity index (χ1v) is 13.6. The van der Waals surface area contributed by atoms with Crippen molar-refractivity contribution in [1.82, 2.24) is 19.9 Å². The first kappa shape index (κ1) is 24.2. The van der Waals surface area contributed by atoms with Gasteiger partial charge in [-0.1, -0.05) is 23.7 Å². The normalized spacial score (nSPS) is 15.3. The fraction of sp³-hybridized carbons (Fsp3) is 0.440. The Morgan fingerprint density at radius 3 is 2.55 bits per heavy atom. The number of aromatic nitrogens is 1. The van der Waals surface area contributed by atoms with Crippen LogP contribution in [0.25, 0.3) is 10.9 Å². The lowest BCUT2D eigenvalue weighted by Crippen LogP contribution is -2.43. The van der Waals surface area contributed by atoms with Crippen molar-refractivity contribution in [2.75, 3.05) is 39.3 Å². The van der Waals surface area contributed by atoms with Crippen LogP contribution in [0.4, 0.5) is 0 Å². The van der Waals surface area contributed by atoms with Crippen LogP contribution in [0.3, 0.4) is 0 Å². The van der Waals surface area contributed by atoms with Crippen LogP contribution in [0.2, 0.25) is 5.02 Å². The smallest absolute Gasteiger partial charge is 0.240 e. The average Bonchev–Trinajstić information content (AvgIpc) is 3.22. The number of H-pyrrole nitrogens is 1. The number of aryl methyl sites for hydroxylation is 2. The summed E-state index contributed by atoms with van der Waals surface area (Å²) >= 11 is 6.11. The largest absolute Gasteiger partial charge is 0.361 e. The summed E-state index contributed by atoms with van der Waals surface area (Å²) in [4.78, 5) is 6.07. The number of halogens is 1. The van der Waals surface area contributed by atoms with Crippen LogP contribution in [-0.2, 0) is 22.9 Å². The lowest BCUT2D eigenvalue weighted by molar-refractivity contribution is 0.237. The molecule has 6 nitrogen and oxygen atoms in total. The zero-order chi connectivity index (χ0) is 23.1. The second-order valence-corrected chi connectivity index (χ2v) is 10.9. The van der Waals surface area contributed by atoms with Crippen molar-refractivity contribution < 1.29 is 8.42 Å². The van der Waals surface area contributed by atoms with Gasteiger partial charge in [0.05, 0.1) is 4.90 Å². The predicted molar refractivity (Wildman–Crippen MR) is 136 cm³/mol. The number of unbranched alkanes of at least 4 members (excludes halogenated alkanes) is 1. The van der Waals surface area contributed by atoms with Crippen molar-refractivity contribution in [3.8, 4) is 0 Å². The van der Waals surface area contributed by atoms with Crippen LogP contribution in [0, 0.1) is 0 Å². The Morgan fingerprint density at radius 1 is 0.970 bits per heavy atom. The molecule has 1 saturated heterocycles. The number of hydrogen-bond acceptors (Lipinski definition) is 4. The molecule has 1 aliphatic heterocycles. The summed E-state index contributed by atoms with van der Waals surface area (Å²) < 4.78 is 28.0. The number of aromatic amines is 1. The molecule has 8 heteroatoms. The van der Waals surface area contributed by atoms with Crippen molar-refractivity contribution in [1.29, 1.82) is 0 Å². The van der Waals surface area contributed by atoms with Gasteiger partial charge in [0.2, 0.25) is 10.0 Å². The maximum atomic E-state index is 12.7. The van der Waals surface area contributed by atoms with Gasteiger partial charge < -0.3 is 15.2 Å². The molecule has 3 aromatic rings. The van der Waals surface area contributed by atoms with Crippen LogP contribution in [0.1, 0.15) is 30.4 Å². The van der Waals surface area contributed by atoms with Gasteiger partial charge >= 0.3 is 0 Å². The lowest BCUT2D eigenvalue weighted by Gasteiger charge is -2.27. The van der Waals surface area contributed by atoms with Gasteiger partial charge in [-0.05, 0) is 80.1 Å². The van der Waals surface area contributed by atoms with Crippen molar-refractivity contribution in [3.05, 3.63) is 64.8 Å². The summed E-state index contributed by atoms with van der Waals surface area (Å²) in [6, 6.07) is 13.1. The molecule has 1 aromatic heterocycles. The lowest BCUT2D eigenvalue weighted by atomic mass is 10.1. The molecule has 0 aliphatic carbocycles. The van der Waals surface area contributed by atoms with E-state index in [2.05, 4.69) is 19.9 Å². The summed E-state index contributed by atoms with van der Waals surface area (Å²) in [5.41, 5.74) is 3.37. The van der Waals surface area contributed by atoms with E-state index in [1.165, 1.54) is 12.0 Å². The summed E-state index contributed by atoms with van der Waals surface area (Å²) in [5, 5.41) is 5.17. The monoisotopic (exact) mass is 488 g/mol. The Labute approximate surface area is 201 Å². The van der Waals surface area contributed by atoms with E-state index in [0.717, 1.165) is 68.5 Å². The number of piperazine rings is 1. The summed E-state index contributed by atoms with van der Waals surface area (Å²) in [6.07, 6.45) is 6.73. The van der Waals surface area contributed by atoms with Gasteiger partial charge in [0.15, 0.2) is 0 Å². The summed E-state index contributed by atoms with van der Waals surface area (Å²) in [6.45, 7) is 5.97. The summed E-state index contributed by atoms with van der Waals surface area (Å²) in [5.74, 6) is 0. The highest BCUT2D eigenvalue weighted by molar-refractivity contribution is 7.89. The number of nitrogens with one attached hydrogen (secondary N) is 3. The van der Waals surface area contributed by atoms with Crippen molar-refractivity contribution in [3.63, 3.8) is 0 Å². The molecule has 0 saturated carbocycles. The van der Waals surface area contributed by atoms with E-state index in [0.29, 0.717) is 22.9 Å². The number of hydrogen-bond donors (Lipinski definition) is 3. The van der Waals surface area contributed by atoms with E-state index in [-0.39, 0.29) is 0 Å². The topological polar surface area (TPSA) is 77.2 Å². The van der Waals surface area contributed by atoms with Crippen molar-refractivity contribution >= 4 is 32.5 Å². The molecule has 1 aliphatic rings. The molecular weight excluding hydrogens is 456 g/mol. The van der Waals surface area contributed by atoms with Gasteiger partial charge in [0.25, 0.3) is 0 Å². The second kappa shape index (κ2) is 11.5. The molecule has 4 rings (SSSR count). The van der Waals surface area contributed by atoms with Gasteiger partial charge in [-0.25, -0.2) is 13.1 Å². The molecule has 0 radical (unpaired) electrons. The van der Waals surface area contributed by atoms with E-state index >= 15 is 0 Å². The van der Waals surface area contributed by atoms with Gasteiger partial charge in [-0.3, -0.25) is 0 Å². The molecule has 2 heterocycles. The molecule has 178 valence electrons. The minimum absolute atomic E-state index is 0.325. The van der Waals surface area contributed by atoms with Crippen molar-refractivity contribution in [2.24, 2.45) is 0 Å². The minimum atomic E-state index is -3.50. The van der Waals surface area contributed by atoms with Crippen LogP contribution < -0.4 is 10.0 Å². The van der Waals surface area contributed by atoms with Crippen LogP contribution >= 0.6 is 11.6 Å². The zero-order valence-electron chi connectivity index (χ0n) is 18.9. The molecule has 0 atom stereocenters. The Morgan fingerprint density at radius 2 is 1.76 bits per heavy atom. The Kier molecular flexibility index (Phi) is 8.44. The SMILES string of the molecule is O=S(=O)(NCCCc1c[nH]c2ccc(Cl)cc12)c1ccc(CCCCN2CCNCC2)cc1. The van der Waals surface area contributed by atoms with E-state index in [9.17, 15) is 8.42 Å². The highest BCUT2D eigenvalue weighted by Gasteiger charge is 2.14. The van der Waals surface area contributed by atoms with Crippen LogP contribution in [-0.4, -0.2) is 57.6 Å². The third-order valence-corrected chi connectivity index (χ3v) is 7.99. The van der Waals surface area contributed by atoms with Gasteiger partial charge in [0.1, 0.15) is 0 Å². The molecule has 3 N–H and O–H groups in total. The third-order valence-electron chi connectivity index (χ3n) is 6.28. The maximum absolute atomic E-state index is 12.7. The molecule has 0 spiro atoms. The van der Waals surface area contributed by atoms with Gasteiger partial charge in [-0.2, -0.15) is 0 Å². The highest BCUT2D eigenvalue weighted by atomic mass is 35.5. The number of rotatable bonds is 11. The maximum Gasteiger partial charge on any atom is 0.240 e. The quantitative estimate of drug-likeness (QED) is 0.357. The highest BCUT2D eigenvalue weighted by Crippen LogP contribution is 2.23. The molecule has 1 fully saturated rings. The van der Waals surface area contributed by atoms with E-state index in [4.69, 9.17) is 11.6 Å². The van der Waals surface area contributed by atoms with Gasteiger partial charge in [0, 0.05) is 54.8 Å². The van der Waals surface area contributed by atoms with Gasteiger partial charge in [-0.15, -0.1) is 0 Å². The molecule has 2 aromatic carbocycles. The fourth-order valence-corrected chi connectivity index (χ4v) is 5.61. The number of nitrogens with zero attached hydrogens (tertiary/aromatic N) is 1. The third kappa shape index (κ3) is 6.80. The molecule has 0 amide bonds. The molecule has 0 bridgehead atoms. The van der Waals surface area contributed by atoms with Crippen LogP contribution in [0.15, 0.2) is 53.6 Å². The van der Waals surface area contributed by atoms with Crippen LogP contribution in [0.5, 0.6) is 0 Å². The second-order valence-electron chi connectivity index (χ2n) is 8.70. The first-order valence-electron chi connectivity index (χ1n) is 11.8. The molecule has 33 heavy (non-hydrogen) atoms. The number of sulfonamides is 1.